The molecule has 0 amide bonds. The Morgan fingerprint density at radius 1 is 1.00 bits per heavy atom. The van der Waals surface area contributed by atoms with E-state index in [1.165, 1.54) is 0 Å². The fourth-order valence-corrected chi connectivity index (χ4v) is 0. The van der Waals surface area contributed by atoms with Crippen LogP contribution in [-0.2, 0) is 55.2 Å². The Bertz CT molecular complexity index is 8.00. The van der Waals surface area contributed by atoms with Gasteiger partial charge >= 0.3 is 0 Å². The molecule has 0 atom stereocenters. The molecule has 4 heavy (non-hydrogen) atoms. The minimum absolute atomic E-state index is 0. The van der Waals surface area contributed by atoms with Gasteiger partial charge in [0, 0.05) is 55.2 Å². The van der Waals surface area contributed by atoms with Crippen molar-refractivity contribution in [2.45, 2.75) is 7.43 Å². The van der Waals surface area contributed by atoms with Crippen LogP contribution in [-0.4, -0.2) is 0 Å². The summed E-state index contributed by atoms with van der Waals surface area (Å²) in [5.74, 6) is 0. The van der Waals surface area contributed by atoms with Gasteiger partial charge in [-0.3, -0.25) is 0 Å². The topological polar surface area (TPSA) is 0 Å². The van der Waals surface area contributed by atoms with Gasteiger partial charge in [0.2, 0.25) is 0 Å². The summed E-state index contributed by atoms with van der Waals surface area (Å²) in [6.45, 7) is 0. The molecule has 0 rings (SSSR count). The van der Waals surface area contributed by atoms with Crippen LogP contribution in [0.1, 0.15) is 7.43 Å². The molecule has 0 nitrogen and oxygen atoms in total. The van der Waals surface area contributed by atoms with Crippen LogP contribution in [0.15, 0.2) is 0 Å². The molecule has 0 heterocycles. The summed E-state index contributed by atoms with van der Waals surface area (Å²) < 4.78 is 0. The van der Waals surface area contributed by atoms with Crippen molar-refractivity contribution < 1.29 is 55.2 Å². The van der Waals surface area contributed by atoms with E-state index in [4.69, 9.17) is 0 Å². The normalized spacial score (nSPS) is 0. The maximum absolute atomic E-state index is 0. The van der Waals surface area contributed by atoms with Crippen molar-refractivity contribution in [1.29, 1.82) is 0 Å². The van der Waals surface area contributed by atoms with Gasteiger partial charge in [0.15, 0.2) is 0 Å². The summed E-state index contributed by atoms with van der Waals surface area (Å²) in [4.78, 5) is 0. The molecule has 0 fully saturated rings. The van der Waals surface area contributed by atoms with Gasteiger partial charge < -0.3 is 0 Å². The van der Waals surface area contributed by atoms with Gasteiger partial charge in [-0.15, -0.1) is 0 Å². The molecule has 0 aromatic rings. The first-order valence-corrected chi connectivity index (χ1v) is 0. The first-order chi connectivity index (χ1) is 0. The Morgan fingerprint density at radius 2 is 1.00 bits per heavy atom. The van der Waals surface area contributed by atoms with Crippen LogP contribution in [0.3, 0.4) is 0 Å². The van der Waals surface area contributed by atoms with Crippen LogP contribution in [0.4, 0.5) is 0 Å². The monoisotopic (exact) mass is 225 g/mol. The second-order valence-corrected chi connectivity index (χ2v) is 0. The molecule has 0 spiro atoms. The molecule has 0 aromatic heterocycles. The molecular formula is CH4CoCrMo. The summed E-state index contributed by atoms with van der Waals surface area (Å²) in [6.07, 6.45) is 0. The van der Waals surface area contributed by atoms with E-state index in [0.717, 1.165) is 0 Å². The molecule has 0 unspecified atom stereocenters. The summed E-state index contributed by atoms with van der Waals surface area (Å²) in [5.41, 5.74) is 0. The van der Waals surface area contributed by atoms with Crippen molar-refractivity contribution in [1.82, 2.24) is 0 Å². The third-order valence-corrected chi connectivity index (χ3v) is 0. The molecule has 0 aromatic carbocycles. The molecule has 0 saturated heterocycles. The summed E-state index contributed by atoms with van der Waals surface area (Å²) in [5, 5.41) is 0. The van der Waals surface area contributed by atoms with Crippen molar-refractivity contribution >= 4 is 0 Å². The minimum Gasteiger partial charge on any atom is -0.0776 e. The smallest absolute Gasteiger partial charge is 0 e. The van der Waals surface area contributed by atoms with Gasteiger partial charge in [0.25, 0.3) is 0 Å². The molecule has 0 bridgehead atoms. The average molecular weight is 223 g/mol. The molecule has 0 aliphatic heterocycles. The third-order valence-electron chi connectivity index (χ3n) is 0. The van der Waals surface area contributed by atoms with E-state index in [9.17, 15) is 0 Å². The molecule has 0 saturated carbocycles. The van der Waals surface area contributed by atoms with Gasteiger partial charge in [-0.1, -0.05) is 7.43 Å². The Balaban J connectivity index is 0. The molecule has 29 valence electrons. The van der Waals surface area contributed by atoms with Crippen LogP contribution in [0.25, 0.3) is 0 Å². The Kier molecular flexibility index (Phi) is 236. The number of hydrogen-bond donors (Lipinski definition) is 0. The van der Waals surface area contributed by atoms with Crippen molar-refractivity contribution in [3.8, 4) is 0 Å². The number of rotatable bonds is 0. The average Bonchev–Trinajstić information content (AvgIpc) is 0. The molecule has 0 aliphatic rings. The Labute approximate surface area is 62.3 Å². The minimum atomic E-state index is 0. The fraction of sp³-hybridized carbons (Fsp3) is 1.00. The largest absolute Gasteiger partial charge is 0.0776 e. The Hall–Kier alpha value is 1.73. The van der Waals surface area contributed by atoms with Crippen molar-refractivity contribution in [2.75, 3.05) is 0 Å². The molecular weight excluding hydrogens is 219 g/mol. The van der Waals surface area contributed by atoms with Crippen molar-refractivity contribution in [2.24, 2.45) is 0 Å². The SMILES string of the molecule is C.[Co].[Cr].[Mo]. The maximum Gasteiger partial charge on any atom is 0 e. The number of hydrogen-bond acceptors (Lipinski definition) is 0. The first kappa shape index (κ1) is 42.9. The summed E-state index contributed by atoms with van der Waals surface area (Å²) >= 11 is 0. The van der Waals surface area contributed by atoms with Crippen LogP contribution in [0.2, 0.25) is 0 Å². The first-order valence-electron chi connectivity index (χ1n) is 0. The van der Waals surface area contributed by atoms with E-state index in [1.54, 1.807) is 0 Å². The van der Waals surface area contributed by atoms with E-state index in [2.05, 4.69) is 0 Å². The van der Waals surface area contributed by atoms with E-state index >= 15 is 0 Å². The third kappa shape index (κ3) is 9.29. The fourth-order valence-electron chi connectivity index (χ4n) is 0. The van der Waals surface area contributed by atoms with Crippen LogP contribution in [0, 0.1) is 0 Å². The van der Waals surface area contributed by atoms with Gasteiger partial charge in [-0.2, -0.15) is 0 Å². The Morgan fingerprint density at radius 3 is 1.00 bits per heavy atom. The van der Waals surface area contributed by atoms with Gasteiger partial charge in [-0.25, -0.2) is 0 Å². The molecule has 0 aliphatic carbocycles. The maximum atomic E-state index is 0. The van der Waals surface area contributed by atoms with Crippen LogP contribution >= 0.6 is 0 Å². The second-order valence-electron chi connectivity index (χ2n) is 0. The van der Waals surface area contributed by atoms with Crippen molar-refractivity contribution in [3.05, 3.63) is 0 Å². The van der Waals surface area contributed by atoms with E-state index in [-0.39, 0.29) is 62.6 Å². The van der Waals surface area contributed by atoms with Gasteiger partial charge in [0.1, 0.15) is 0 Å². The van der Waals surface area contributed by atoms with Crippen LogP contribution < -0.4 is 0 Å². The van der Waals surface area contributed by atoms with Crippen molar-refractivity contribution in [3.63, 3.8) is 0 Å². The molecule has 0 N–H and O–H groups in total. The predicted octanol–water partition coefficient (Wildman–Crippen LogP) is 0.629. The summed E-state index contributed by atoms with van der Waals surface area (Å²) in [6, 6.07) is 0. The zero-order valence-electron chi connectivity index (χ0n) is 1.15. The molecule has 1 radical (unpaired) electrons. The quantitative estimate of drug-likeness (QED) is 0.528. The van der Waals surface area contributed by atoms with Gasteiger partial charge in [-0.05, 0) is 0 Å². The van der Waals surface area contributed by atoms with E-state index < -0.39 is 0 Å². The second kappa shape index (κ2) is 22.0. The summed E-state index contributed by atoms with van der Waals surface area (Å²) in [7, 11) is 0. The zero-order chi connectivity index (χ0) is 0. The molecule has 3 heteroatoms. The standard InChI is InChI=1S/CH4.Co.Cr.Mo/h1H4;;;. The zero-order valence-corrected chi connectivity index (χ0v) is 5.47. The van der Waals surface area contributed by atoms with E-state index in [1.807, 2.05) is 0 Å². The predicted molar refractivity (Wildman–Crippen MR) is 6.73 cm³/mol. The van der Waals surface area contributed by atoms with Gasteiger partial charge in [0.05, 0.1) is 0 Å². The van der Waals surface area contributed by atoms with Crippen LogP contribution in [0.5, 0.6) is 0 Å². The van der Waals surface area contributed by atoms with E-state index in [0.29, 0.717) is 0 Å².